The molecule has 0 fully saturated rings. The Hall–Kier alpha value is -2.97. The Balaban J connectivity index is 1.63. The lowest BCUT2D eigenvalue weighted by Gasteiger charge is -2.20. The summed E-state index contributed by atoms with van der Waals surface area (Å²) in [5.41, 5.74) is 3.23. The van der Waals surface area contributed by atoms with Crippen LogP contribution in [0.5, 0.6) is 5.75 Å². The van der Waals surface area contributed by atoms with E-state index in [-0.39, 0.29) is 28.6 Å². The van der Waals surface area contributed by atoms with Gasteiger partial charge in [-0.25, -0.2) is 18.0 Å². The number of carbonyl (C=O) groups is 1. The normalized spacial score (nSPS) is 14.4. The molecule has 7 nitrogen and oxygen atoms in total. The van der Waals surface area contributed by atoms with Crippen molar-refractivity contribution in [1.82, 2.24) is 4.72 Å². The second-order valence-electron chi connectivity index (χ2n) is 9.30. The first-order valence-corrected chi connectivity index (χ1v) is 12.9. The number of ether oxygens (including phenoxy) is 1. The van der Waals surface area contributed by atoms with E-state index >= 15 is 0 Å². The van der Waals surface area contributed by atoms with Gasteiger partial charge in [0.25, 0.3) is 0 Å². The molecule has 1 aliphatic carbocycles. The first-order valence-electron chi connectivity index (χ1n) is 11.5. The summed E-state index contributed by atoms with van der Waals surface area (Å²) in [6.07, 6.45) is 2.70. The highest BCUT2D eigenvalue weighted by molar-refractivity contribution is 7.89. The third-order valence-electron chi connectivity index (χ3n) is 6.17. The molecule has 180 valence electrons. The fourth-order valence-corrected chi connectivity index (χ4v) is 5.59. The number of hydrogen-bond donors (Lipinski definition) is 1. The predicted octanol–water partition coefficient (Wildman–Crippen LogP) is 4.20. The minimum Gasteiger partial charge on any atom is -0.425 e. The van der Waals surface area contributed by atoms with E-state index in [0.29, 0.717) is 17.6 Å². The molecule has 8 heteroatoms. The first-order chi connectivity index (χ1) is 16.1. The molecule has 0 spiro atoms. The van der Waals surface area contributed by atoms with Crippen LogP contribution in [0.3, 0.4) is 0 Å². The summed E-state index contributed by atoms with van der Waals surface area (Å²) < 4.78 is 39.5. The van der Waals surface area contributed by atoms with Crippen molar-refractivity contribution in [3.8, 4) is 5.75 Å². The highest BCUT2D eigenvalue weighted by atomic mass is 32.2. The van der Waals surface area contributed by atoms with Crippen LogP contribution in [0.25, 0.3) is 11.0 Å². The maximum atomic E-state index is 13.1. The predicted molar refractivity (Wildman–Crippen MR) is 130 cm³/mol. The standard InChI is InChI=1S/C26H29NO6S/c1-15(2)14-22(27-34(30,31)18-10-8-16(3)9-11-18)26(29)32-23-13-12-20-19-6-5-7-21(19)25(28)33-24(20)17(23)4/h8-13,15,22,27H,5-7,14H2,1-4H3/t22-/m0/s1. The van der Waals surface area contributed by atoms with Gasteiger partial charge in [0, 0.05) is 16.5 Å². The van der Waals surface area contributed by atoms with Crippen LogP contribution in [0.15, 0.2) is 50.5 Å². The van der Waals surface area contributed by atoms with Gasteiger partial charge in [-0.15, -0.1) is 0 Å². The lowest BCUT2D eigenvalue weighted by atomic mass is 10.0. The van der Waals surface area contributed by atoms with E-state index in [1.165, 1.54) is 12.1 Å². The van der Waals surface area contributed by atoms with Gasteiger partial charge in [0.2, 0.25) is 10.0 Å². The van der Waals surface area contributed by atoms with Crippen LogP contribution in [0, 0.1) is 19.8 Å². The van der Waals surface area contributed by atoms with Crippen LogP contribution in [0.1, 0.15) is 48.9 Å². The number of aryl methyl sites for hydroxylation is 3. The van der Waals surface area contributed by atoms with Gasteiger partial charge >= 0.3 is 11.6 Å². The minimum absolute atomic E-state index is 0.0385. The summed E-state index contributed by atoms with van der Waals surface area (Å²) in [6.45, 7) is 7.39. The summed E-state index contributed by atoms with van der Waals surface area (Å²) >= 11 is 0. The molecule has 1 atom stereocenters. The second-order valence-corrected chi connectivity index (χ2v) is 11.0. The molecule has 1 heterocycles. The van der Waals surface area contributed by atoms with Gasteiger partial charge in [0.05, 0.1) is 4.90 Å². The van der Waals surface area contributed by atoms with E-state index in [1.54, 1.807) is 31.2 Å². The lowest BCUT2D eigenvalue weighted by Crippen LogP contribution is -2.43. The largest absolute Gasteiger partial charge is 0.425 e. The number of hydrogen-bond acceptors (Lipinski definition) is 6. The Labute approximate surface area is 199 Å². The summed E-state index contributed by atoms with van der Waals surface area (Å²) in [7, 11) is -3.93. The zero-order valence-electron chi connectivity index (χ0n) is 19.8. The maximum Gasteiger partial charge on any atom is 0.339 e. The van der Waals surface area contributed by atoms with Crippen molar-refractivity contribution in [3.63, 3.8) is 0 Å². The summed E-state index contributed by atoms with van der Waals surface area (Å²) in [4.78, 5) is 25.6. The number of esters is 1. The van der Waals surface area contributed by atoms with Gasteiger partial charge in [0.15, 0.2) is 0 Å². The van der Waals surface area contributed by atoms with Crippen LogP contribution in [-0.2, 0) is 27.7 Å². The molecule has 4 rings (SSSR count). The zero-order valence-corrected chi connectivity index (χ0v) is 20.6. The minimum atomic E-state index is -3.93. The molecule has 0 amide bonds. The Bertz CT molecular complexity index is 1400. The van der Waals surface area contributed by atoms with Gasteiger partial charge < -0.3 is 9.15 Å². The number of carbonyl (C=O) groups excluding carboxylic acids is 1. The third-order valence-corrected chi connectivity index (χ3v) is 7.66. The van der Waals surface area contributed by atoms with Crippen molar-refractivity contribution in [1.29, 1.82) is 0 Å². The van der Waals surface area contributed by atoms with Crippen LogP contribution in [0.4, 0.5) is 0 Å². The van der Waals surface area contributed by atoms with Crippen molar-refractivity contribution in [2.75, 3.05) is 0 Å². The number of fused-ring (bicyclic) bond motifs is 3. The Morgan fingerprint density at radius 2 is 1.74 bits per heavy atom. The summed E-state index contributed by atoms with van der Waals surface area (Å²) in [5, 5.41) is 0.850. The highest BCUT2D eigenvalue weighted by Crippen LogP contribution is 2.33. The van der Waals surface area contributed by atoms with Gasteiger partial charge in [0.1, 0.15) is 17.4 Å². The average molecular weight is 484 g/mol. The molecule has 0 aliphatic heterocycles. The van der Waals surface area contributed by atoms with Gasteiger partial charge in [-0.05, 0) is 75.3 Å². The number of sulfonamides is 1. The van der Waals surface area contributed by atoms with Crippen molar-refractivity contribution in [2.45, 2.75) is 64.3 Å². The molecule has 2 aromatic carbocycles. The SMILES string of the molecule is Cc1ccc(S(=O)(=O)N[C@@H](CC(C)C)C(=O)Oc2ccc3c4c(c(=O)oc3c2C)CCC4)cc1. The summed E-state index contributed by atoms with van der Waals surface area (Å²) in [5.74, 6) is -0.436. The Morgan fingerprint density at radius 1 is 1.06 bits per heavy atom. The summed E-state index contributed by atoms with van der Waals surface area (Å²) in [6, 6.07) is 8.81. The third kappa shape index (κ3) is 4.79. The van der Waals surface area contributed by atoms with E-state index < -0.39 is 22.0 Å². The van der Waals surface area contributed by atoms with E-state index in [9.17, 15) is 18.0 Å². The quantitative estimate of drug-likeness (QED) is 0.307. The lowest BCUT2D eigenvalue weighted by molar-refractivity contribution is -0.136. The Morgan fingerprint density at radius 3 is 2.41 bits per heavy atom. The topological polar surface area (TPSA) is 103 Å². The van der Waals surface area contributed by atoms with Crippen molar-refractivity contribution < 1.29 is 22.4 Å². The molecule has 1 aromatic heterocycles. The molecular formula is C26H29NO6S. The number of nitrogens with one attached hydrogen (secondary N) is 1. The molecule has 1 N–H and O–H groups in total. The molecular weight excluding hydrogens is 454 g/mol. The van der Waals surface area contributed by atoms with Crippen molar-refractivity contribution in [3.05, 3.63) is 69.1 Å². The van der Waals surface area contributed by atoms with E-state index in [2.05, 4.69) is 4.72 Å². The first kappa shape index (κ1) is 24.2. The van der Waals surface area contributed by atoms with E-state index in [1.807, 2.05) is 20.8 Å². The van der Waals surface area contributed by atoms with E-state index in [0.717, 1.165) is 34.9 Å². The molecule has 0 bridgehead atoms. The van der Waals surface area contributed by atoms with Crippen molar-refractivity contribution >= 4 is 27.0 Å². The number of benzene rings is 2. The molecule has 0 radical (unpaired) electrons. The monoisotopic (exact) mass is 483 g/mol. The zero-order chi connectivity index (χ0) is 24.6. The fourth-order valence-electron chi connectivity index (χ4n) is 4.39. The smallest absolute Gasteiger partial charge is 0.339 e. The Kier molecular flexibility index (Phi) is 6.64. The van der Waals surface area contributed by atoms with Crippen molar-refractivity contribution in [2.24, 2.45) is 5.92 Å². The van der Waals surface area contributed by atoms with Crippen LogP contribution in [0.2, 0.25) is 0 Å². The molecule has 34 heavy (non-hydrogen) atoms. The highest BCUT2D eigenvalue weighted by Gasteiger charge is 2.29. The fraction of sp³-hybridized carbons (Fsp3) is 0.385. The van der Waals surface area contributed by atoms with Gasteiger partial charge in [-0.3, -0.25) is 0 Å². The van der Waals surface area contributed by atoms with Crippen LogP contribution < -0.4 is 15.1 Å². The van der Waals surface area contributed by atoms with Gasteiger partial charge in [-0.2, -0.15) is 4.72 Å². The average Bonchev–Trinajstić information content (AvgIpc) is 3.26. The molecule has 0 saturated heterocycles. The van der Waals surface area contributed by atoms with E-state index in [4.69, 9.17) is 9.15 Å². The molecule has 3 aromatic rings. The number of rotatable bonds is 7. The van der Waals surface area contributed by atoms with Crippen LogP contribution >= 0.6 is 0 Å². The molecule has 0 unspecified atom stereocenters. The van der Waals surface area contributed by atoms with Crippen LogP contribution in [-0.4, -0.2) is 20.4 Å². The van der Waals surface area contributed by atoms with Gasteiger partial charge in [-0.1, -0.05) is 31.5 Å². The molecule has 0 saturated carbocycles. The second kappa shape index (κ2) is 9.35. The molecule has 1 aliphatic rings. The maximum absolute atomic E-state index is 13.1.